The molecule has 0 aliphatic rings. The summed E-state index contributed by atoms with van der Waals surface area (Å²) in [5.74, 6) is 2.01. The van der Waals surface area contributed by atoms with Crippen LogP contribution in [0.1, 0.15) is 0 Å². The van der Waals surface area contributed by atoms with Crippen LogP contribution in [0.15, 0.2) is 152 Å². The zero-order valence-electron chi connectivity index (χ0n) is 24.2. The van der Waals surface area contributed by atoms with Gasteiger partial charge in [-0.3, -0.25) is 0 Å². The number of hydrogen-bond donors (Lipinski definition) is 0. The molecular formula is C41H25N3Se. The summed E-state index contributed by atoms with van der Waals surface area (Å²) in [7, 11) is 0. The first-order valence-corrected chi connectivity index (χ1v) is 16.8. The molecule has 0 saturated heterocycles. The van der Waals surface area contributed by atoms with Crippen molar-refractivity contribution in [2.75, 3.05) is 0 Å². The number of rotatable bonds is 4. The fourth-order valence-corrected chi connectivity index (χ4v) is 9.08. The van der Waals surface area contributed by atoms with Crippen molar-refractivity contribution in [3.05, 3.63) is 152 Å². The van der Waals surface area contributed by atoms with E-state index < -0.39 is 0 Å². The Morgan fingerprint density at radius 2 is 0.956 bits per heavy atom. The van der Waals surface area contributed by atoms with Gasteiger partial charge in [0, 0.05) is 0 Å². The second-order valence-electron chi connectivity index (χ2n) is 11.2. The molecule has 0 amide bonds. The fraction of sp³-hybridized carbons (Fsp3) is 0. The van der Waals surface area contributed by atoms with Crippen molar-refractivity contribution in [2.24, 2.45) is 0 Å². The van der Waals surface area contributed by atoms with Crippen molar-refractivity contribution in [1.82, 2.24) is 15.0 Å². The van der Waals surface area contributed by atoms with Gasteiger partial charge >= 0.3 is 261 Å². The van der Waals surface area contributed by atoms with Crippen molar-refractivity contribution >= 4 is 55.3 Å². The van der Waals surface area contributed by atoms with Gasteiger partial charge in [-0.05, 0) is 0 Å². The van der Waals surface area contributed by atoms with Crippen LogP contribution in [0, 0.1) is 0 Å². The van der Waals surface area contributed by atoms with Crippen LogP contribution in [0.5, 0.6) is 0 Å². The van der Waals surface area contributed by atoms with E-state index in [9.17, 15) is 0 Å². The van der Waals surface area contributed by atoms with E-state index in [2.05, 4.69) is 127 Å². The topological polar surface area (TPSA) is 38.7 Å². The molecule has 0 unspecified atom stereocenters. The van der Waals surface area contributed by atoms with Gasteiger partial charge in [0.05, 0.1) is 0 Å². The van der Waals surface area contributed by atoms with E-state index in [4.69, 9.17) is 15.0 Å². The Kier molecular flexibility index (Phi) is 6.15. The molecule has 3 nitrogen and oxygen atoms in total. The van der Waals surface area contributed by atoms with Gasteiger partial charge in [-0.2, -0.15) is 0 Å². The number of hydrogen-bond acceptors (Lipinski definition) is 3. The standard InChI is InChI=1S/C41H25N3Se/c1-3-13-26(14-4-1)29-18-9-10-21-34(29)40-42-39(27-15-5-2-6-16-27)43-41(44-40)35-25-28-17-7-8-19-30(28)37-32(35)23-24-33-31-20-11-12-22-36(31)45-38(33)37/h1-25H. The monoisotopic (exact) mass is 639 g/mol. The van der Waals surface area contributed by atoms with E-state index in [0.717, 1.165) is 27.8 Å². The Balaban J connectivity index is 1.37. The van der Waals surface area contributed by atoms with Crippen molar-refractivity contribution in [1.29, 1.82) is 0 Å². The van der Waals surface area contributed by atoms with Gasteiger partial charge < -0.3 is 0 Å². The Morgan fingerprint density at radius 1 is 0.378 bits per heavy atom. The molecule has 0 bridgehead atoms. The SMILES string of the molecule is c1ccc(-c2nc(-c3ccccc3-c3ccccc3)nc(-c3cc4ccccc4c4c3ccc3c5ccccc5[se]c34)n2)cc1. The third-order valence-electron chi connectivity index (χ3n) is 8.53. The molecule has 4 heteroatoms. The summed E-state index contributed by atoms with van der Waals surface area (Å²) in [6.45, 7) is 0. The molecule has 7 aromatic carbocycles. The Hall–Kier alpha value is -5.41. The molecule has 0 aliphatic carbocycles. The van der Waals surface area contributed by atoms with Crippen molar-refractivity contribution in [3.8, 4) is 45.3 Å². The first-order valence-electron chi connectivity index (χ1n) is 15.0. The van der Waals surface area contributed by atoms with Gasteiger partial charge in [-0.15, -0.1) is 0 Å². The maximum absolute atomic E-state index is 5.26. The fourth-order valence-electron chi connectivity index (χ4n) is 6.43. The molecule has 0 radical (unpaired) electrons. The Morgan fingerprint density at radius 3 is 1.76 bits per heavy atom. The number of nitrogens with zero attached hydrogens (tertiary/aromatic N) is 3. The number of benzene rings is 7. The molecule has 2 heterocycles. The van der Waals surface area contributed by atoms with Crippen LogP contribution in [-0.4, -0.2) is 29.5 Å². The van der Waals surface area contributed by atoms with Crippen LogP contribution in [0.4, 0.5) is 0 Å². The summed E-state index contributed by atoms with van der Waals surface area (Å²) in [6.07, 6.45) is 0. The van der Waals surface area contributed by atoms with Crippen LogP contribution in [0.25, 0.3) is 86.1 Å². The summed E-state index contributed by atoms with van der Waals surface area (Å²) in [5.41, 5.74) is 5.19. The normalized spacial score (nSPS) is 11.6. The summed E-state index contributed by atoms with van der Waals surface area (Å²) >= 11 is 0.209. The van der Waals surface area contributed by atoms with Gasteiger partial charge in [-0.1, -0.05) is 6.07 Å². The maximum atomic E-state index is 5.26. The van der Waals surface area contributed by atoms with Gasteiger partial charge in [-0.25, -0.2) is 0 Å². The molecule has 0 fully saturated rings. The minimum absolute atomic E-state index is 0.209. The number of fused-ring (bicyclic) bond motifs is 7. The molecule has 210 valence electrons. The molecule has 9 aromatic rings. The van der Waals surface area contributed by atoms with Gasteiger partial charge in [0.15, 0.2) is 0 Å². The van der Waals surface area contributed by atoms with Crippen LogP contribution >= 0.6 is 0 Å². The predicted octanol–water partition coefficient (Wildman–Crippen LogP) is 10.2. The Bertz CT molecular complexity index is 2540. The summed E-state index contributed by atoms with van der Waals surface area (Å²) in [6, 6.07) is 53.5. The average Bonchev–Trinajstić information content (AvgIpc) is 3.51. The van der Waals surface area contributed by atoms with Crippen LogP contribution < -0.4 is 0 Å². The summed E-state index contributed by atoms with van der Waals surface area (Å²) < 4.78 is 2.87. The minimum atomic E-state index is 0.209. The van der Waals surface area contributed by atoms with E-state index >= 15 is 0 Å². The molecule has 2 aromatic heterocycles. The van der Waals surface area contributed by atoms with Crippen molar-refractivity contribution < 1.29 is 0 Å². The summed E-state index contributed by atoms with van der Waals surface area (Å²) in [4.78, 5) is 15.5. The molecule has 0 N–H and O–H groups in total. The van der Waals surface area contributed by atoms with Crippen LogP contribution in [0.3, 0.4) is 0 Å². The van der Waals surface area contributed by atoms with Crippen molar-refractivity contribution in [3.63, 3.8) is 0 Å². The first kappa shape index (κ1) is 26.0. The summed E-state index contributed by atoms with van der Waals surface area (Å²) in [5, 5.41) is 7.65. The Labute approximate surface area is 266 Å². The molecule has 0 spiro atoms. The molecule has 0 saturated carbocycles. The third kappa shape index (κ3) is 4.38. The predicted molar refractivity (Wildman–Crippen MR) is 189 cm³/mol. The van der Waals surface area contributed by atoms with Crippen LogP contribution in [0.2, 0.25) is 0 Å². The first-order chi connectivity index (χ1) is 22.3. The molecule has 9 rings (SSSR count). The van der Waals surface area contributed by atoms with Gasteiger partial charge in [0.1, 0.15) is 0 Å². The molecular weight excluding hydrogens is 613 g/mol. The second kappa shape index (κ2) is 10.6. The van der Waals surface area contributed by atoms with Gasteiger partial charge in [0.2, 0.25) is 0 Å². The van der Waals surface area contributed by atoms with E-state index in [0.29, 0.717) is 17.5 Å². The third-order valence-corrected chi connectivity index (χ3v) is 11.1. The van der Waals surface area contributed by atoms with Crippen LogP contribution in [-0.2, 0) is 0 Å². The number of aromatic nitrogens is 3. The quantitative estimate of drug-likeness (QED) is 0.142. The zero-order valence-corrected chi connectivity index (χ0v) is 25.9. The van der Waals surface area contributed by atoms with Gasteiger partial charge in [0.25, 0.3) is 0 Å². The zero-order chi connectivity index (χ0) is 29.7. The van der Waals surface area contributed by atoms with E-state index in [1.54, 1.807) is 0 Å². The molecule has 0 aliphatic heterocycles. The average molecular weight is 639 g/mol. The van der Waals surface area contributed by atoms with E-state index in [-0.39, 0.29) is 14.5 Å². The molecule has 0 atom stereocenters. The van der Waals surface area contributed by atoms with E-state index in [1.165, 1.54) is 40.8 Å². The second-order valence-corrected chi connectivity index (χ2v) is 13.4. The van der Waals surface area contributed by atoms with E-state index in [1.807, 2.05) is 24.3 Å². The van der Waals surface area contributed by atoms with Crippen molar-refractivity contribution in [2.45, 2.75) is 0 Å². The molecule has 45 heavy (non-hydrogen) atoms.